The summed E-state index contributed by atoms with van der Waals surface area (Å²) < 4.78 is 25.7. The Bertz CT molecular complexity index is 599. The molecular formula is C16H22O4Si4. The number of hydrogen-bond acceptors (Lipinski definition) is 4. The van der Waals surface area contributed by atoms with E-state index in [0.717, 1.165) is 10.4 Å². The summed E-state index contributed by atoms with van der Waals surface area (Å²) in [5.41, 5.74) is 0. The average molecular weight is 391 g/mol. The van der Waals surface area contributed by atoms with Crippen LogP contribution in [0.2, 0.25) is 26.2 Å². The summed E-state index contributed by atoms with van der Waals surface area (Å²) in [6.07, 6.45) is 0. The van der Waals surface area contributed by atoms with E-state index in [1.807, 2.05) is 49.5 Å². The van der Waals surface area contributed by atoms with E-state index < -0.39 is 35.7 Å². The van der Waals surface area contributed by atoms with Crippen LogP contribution >= 0.6 is 0 Å². The molecule has 0 aliphatic carbocycles. The third-order valence-corrected chi connectivity index (χ3v) is 17.5. The predicted molar refractivity (Wildman–Crippen MR) is 103 cm³/mol. The molecule has 0 spiro atoms. The monoisotopic (exact) mass is 390 g/mol. The predicted octanol–water partition coefficient (Wildman–Crippen LogP) is 2.26. The fraction of sp³-hybridized carbons (Fsp3) is 0.250. The van der Waals surface area contributed by atoms with Crippen molar-refractivity contribution in [3.05, 3.63) is 60.7 Å². The van der Waals surface area contributed by atoms with Crippen molar-refractivity contribution in [3.8, 4) is 0 Å². The van der Waals surface area contributed by atoms with Gasteiger partial charge in [-0.1, -0.05) is 60.7 Å². The molecular weight excluding hydrogens is 369 g/mol. The topological polar surface area (TPSA) is 36.9 Å². The minimum Gasteiger partial charge on any atom is -0.411 e. The summed E-state index contributed by atoms with van der Waals surface area (Å²) in [5.74, 6) is 0. The zero-order valence-electron chi connectivity index (χ0n) is 14.4. The van der Waals surface area contributed by atoms with E-state index in [4.69, 9.17) is 16.5 Å². The molecule has 24 heavy (non-hydrogen) atoms. The van der Waals surface area contributed by atoms with Gasteiger partial charge >= 0.3 is 35.7 Å². The molecule has 1 aliphatic rings. The number of rotatable bonds is 2. The van der Waals surface area contributed by atoms with Crippen molar-refractivity contribution in [2.24, 2.45) is 0 Å². The second-order valence-electron chi connectivity index (χ2n) is 6.01. The van der Waals surface area contributed by atoms with Gasteiger partial charge < -0.3 is 16.5 Å². The molecule has 1 saturated heterocycles. The molecule has 0 atom stereocenters. The number of hydrogen-bond donors (Lipinski definition) is 0. The zero-order chi connectivity index (χ0) is 17.2. The van der Waals surface area contributed by atoms with Crippen LogP contribution in [0.15, 0.2) is 60.7 Å². The minimum atomic E-state index is -2.52. The van der Waals surface area contributed by atoms with E-state index in [9.17, 15) is 0 Å². The van der Waals surface area contributed by atoms with Gasteiger partial charge in [0, 0.05) is 0 Å². The van der Waals surface area contributed by atoms with Gasteiger partial charge in [0.1, 0.15) is 0 Å². The third-order valence-electron chi connectivity index (χ3n) is 3.95. The molecule has 1 heterocycles. The lowest BCUT2D eigenvalue weighted by molar-refractivity contribution is 0.274. The van der Waals surface area contributed by atoms with Crippen molar-refractivity contribution < 1.29 is 16.5 Å². The van der Waals surface area contributed by atoms with Crippen molar-refractivity contribution in [1.82, 2.24) is 0 Å². The van der Waals surface area contributed by atoms with Gasteiger partial charge in [-0.2, -0.15) is 0 Å². The van der Waals surface area contributed by atoms with Crippen LogP contribution in [0.5, 0.6) is 0 Å². The van der Waals surface area contributed by atoms with Gasteiger partial charge in [-0.25, -0.2) is 0 Å². The van der Waals surface area contributed by atoms with Crippen LogP contribution in [0, 0.1) is 0 Å². The average Bonchev–Trinajstić information content (AvgIpc) is 2.54. The van der Waals surface area contributed by atoms with Gasteiger partial charge in [-0.05, 0) is 36.6 Å². The van der Waals surface area contributed by atoms with Crippen LogP contribution in [0.4, 0.5) is 0 Å². The minimum absolute atomic E-state index is 1.12. The first-order valence-corrected chi connectivity index (χ1v) is 16.2. The van der Waals surface area contributed by atoms with Crippen LogP contribution in [-0.2, 0) is 16.5 Å². The van der Waals surface area contributed by atoms with Crippen molar-refractivity contribution in [2.45, 2.75) is 26.2 Å². The largest absolute Gasteiger partial charge is 0.411 e. The summed E-state index contributed by atoms with van der Waals surface area (Å²) in [7, 11) is -8.03. The summed E-state index contributed by atoms with van der Waals surface area (Å²) in [5, 5.41) is 2.24. The van der Waals surface area contributed by atoms with Crippen LogP contribution < -0.4 is 10.4 Å². The lowest BCUT2D eigenvalue weighted by atomic mass is 10.4. The van der Waals surface area contributed by atoms with Gasteiger partial charge in [0.05, 0.1) is 0 Å². The van der Waals surface area contributed by atoms with E-state index in [2.05, 4.69) is 37.4 Å². The Morgan fingerprint density at radius 3 is 1.17 bits per heavy atom. The van der Waals surface area contributed by atoms with Gasteiger partial charge in [0.2, 0.25) is 0 Å². The molecule has 8 heteroatoms. The van der Waals surface area contributed by atoms with Gasteiger partial charge in [-0.15, -0.1) is 0 Å². The molecule has 2 aromatic rings. The lowest BCUT2D eigenvalue weighted by Crippen LogP contribution is -2.65. The maximum atomic E-state index is 6.43. The number of benzene rings is 2. The highest BCUT2D eigenvalue weighted by Gasteiger charge is 2.48. The Labute approximate surface area is 149 Å². The summed E-state index contributed by atoms with van der Waals surface area (Å²) in [6, 6.07) is 20.4. The molecule has 1 fully saturated rings. The fourth-order valence-corrected chi connectivity index (χ4v) is 17.3. The molecule has 0 unspecified atom stereocenters. The van der Waals surface area contributed by atoms with E-state index >= 15 is 0 Å². The molecule has 0 saturated carbocycles. The first kappa shape index (κ1) is 18.0. The molecule has 0 amide bonds. The van der Waals surface area contributed by atoms with Crippen LogP contribution in [-0.4, -0.2) is 35.7 Å². The van der Waals surface area contributed by atoms with Gasteiger partial charge in [0.25, 0.3) is 0 Å². The molecule has 2 radical (unpaired) electrons. The Morgan fingerprint density at radius 2 is 0.875 bits per heavy atom. The normalized spacial score (nSPS) is 29.8. The van der Waals surface area contributed by atoms with Crippen molar-refractivity contribution in [2.75, 3.05) is 0 Å². The first-order chi connectivity index (χ1) is 11.4. The second-order valence-corrected chi connectivity index (χ2v) is 16.2. The Balaban J connectivity index is 1.89. The highest BCUT2D eigenvalue weighted by molar-refractivity contribution is 6.94. The van der Waals surface area contributed by atoms with Crippen LogP contribution in [0.3, 0.4) is 0 Å². The second kappa shape index (κ2) is 7.18. The molecule has 1 aliphatic heterocycles. The van der Waals surface area contributed by atoms with E-state index in [1.54, 1.807) is 0 Å². The maximum absolute atomic E-state index is 6.43. The summed E-state index contributed by atoms with van der Waals surface area (Å²) in [4.78, 5) is 0. The highest BCUT2D eigenvalue weighted by Crippen LogP contribution is 2.21. The third kappa shape index (κ3) is 3.86. The van der Waals surface area contributed by atoms with Crippen LogP contribution in [0.25, 0.3) is 0 Å². The maximum Gasteiger partial charge on any atom is 0.362 e. The van der Waals surface area contributed by atoms with Crippen molar-refractivity contribution in [3.63, 3.8) is 0 Å². The molecule has 126 valence electrons. The molecule has 0 N–H and O–H groups in total. The Hall–Kier alpha value is -0.852. The van der Waals surface area contributed by atoms with Crippen molar-refractivity contribution >= 4 is 46.1 Å². The van der Waals surface area contributed by atoms with Crippen LogP contribution in [0.1, 0.15) is 0 Å². The van der Waals surface area contributed by atoms with E-state index in [1.165, 1.54) is 0 Å². The lowest BCUT2D eigenvalue weighted by Gasteiger charge is -2.40. The summed E-state index contributed by atoms with van der Waals surface area (Å²) in [6.45, 7) is 8.24. The van der Waals surface area contributed by atoms with E-state index in [-0.39, 0.29) is 0 Å². The SMILES string of the molecule is C[Si]1O[Si](C)(c2ccccc2)O[Si](C)O[Si](C)(c2ccccc2)O1. The van der Waals surface area contributed by atoms with Gasteiger partial charge in [0.15, 0.2) is 0 Å². The Morgan fingerprint density at radius 1 is 0.583 bits per heavy atom. The molecule has 2 aromatic carbocycles. The highest BCUT2D eigenvalue weighted by atomic mass is 28.5. The van der Waals surface area contributed by atoms with Gasteiger partial charge in [-0.3, -0.25) is 0 Å². The first-order valence-electron chi connectivity index (χ1n) is 7.95. The molecule has 4 nitrogen and oxygen atoms in total. The molecule has 3 rings (SSSR count). The Kier molecular flexibility index (Phi) is 5.37. The standard InChI is InChI=1S/C16H22O4Si4/c1-21-17-23(3,15-11-7-5-8-12-15)19-22(2)20-24(4,18-21)16-13-9-6-10-14-16/h5-14H,1-4H3. The van der Waals surface area contributed by atoms with E-state index in [0.29, 0.717) is 0 Å². The smallest absolute Gasteiger partial charge is 0.362 e. The zero-order valence-corrected chi connectivity index (χ0v) is 18.4. The van der Waals surface area contributed by atoms with Crippen molar-refractivity contribution in [1.29, 1.82) is 0 Å². The fourth-order valence-electron chi connectivity index (χ4n) is 2.90. The molecule has 0 aromatic heterocycles. The quantitative estimate of drug-likeness (QED) is 0.737. The summed E-state index contributed by atoms with van der Waals surface area (Å²) >= 11 is 0. The molecule has 0 bridgehead atoms.